The van der Waals surface area contributed by atoms with Crippen LogP contribution in [0.25, 0.3) is 11.4 Å². The van der Waals surface area contributed by atoms with Crippen LogP contribution in [0.15, 0.2) is 36.7 Å². The number of methoxy groups -OCH3 is 2. The van der Waals surface area contributed by atoms with Gasteiger partial charge in [0.05, 0.1) is 19.8 Å². The lowest BCUT2D eigenvalue weighted by Crippen LogP contribution is -2.30. The van der Waals surface area contributed by atoms with E-state index in [0.29, 0.717) is 10.4 Å². The van der Waals surface area contributed by atoms with Crippen LogP contribution in [0.3, 0.4) is 0 Å². The molecule has 108 valence electrons. The first-order valence-electron chi connectivity index (χ1n) is 5.93. The first-order chi connectivity index (χ1) is 10.1. The van der Waals surface area contributed by atoms with Crippen molar-refractivity contribution in [3.8, 4) is 11.4 Å². The summed E-state index contributed by atoms with van der Waals surface area (Å²) in [6, 6.07) is 5.80. The summed E-state index contributed by atoms with van der Waals surface area (Å²) in [6.45, 7) is 0. The molecule has 0 spiro atoms. The molecular formula is C14H12N2O5. The van der Waals surface area contributed by atoms with Gasteiger partial charge in [-0.3, -0.25) is 0 Å². The molecule has 0 amide bonds. The number of esters is 2. The van der Waals surface area contributed by atoms with E-state index in [1.807, 2.05) is 0 Å². The summed E-state index contributed by atoms with van der Waals surface area (Å²) < 4.78 is 9.64. The van der Waals surface area contributed by atoms with E-state index in [4.69, 9.17) is 0 Å². The summed E-state index contributed by atoms with van der Waals surface area (Å²) >= 11 is 0. The number of hydrogen-bond donors (Lipinski definition) is 0. The molecule has 21 heavy (non-hydrogen) atoms. The average Bonchev–Trinajstić information content (AvgIpc) is 2.53. The second-order valence-electron chi connectivity index (χ2n) is 4.04. The van der Waals surface area contributed by atoms with Gasteiger partial charge in [0.2, 0.25) is 5.69 Å². The highest BCUT2D eigenvalue weighted by Crippen LogP contribution is 2.15. The van der Waals surface area contributed by atoms with E-state index in [2.05, 4.69) is 14.5 Å². The van der Waals surface area contributed by atoms with Crippen molar-refractivity contribution < 1.29 is 23.8 Å². The maximum Gasteiger partial charge on any atom is 0.344 e. The molecule has 0 fully saturated rings. The minimum atomic E-state index is -0.609. The molecule has 0 radical (unpaired) electrons. The molecule has 0 atom stereocenters. The van der Waals surface area contributed by atoms with E-state index in [-0.39, 0.29) is 16.8 Å². The van der Waals surface area contributed by atoms with E-state index in [1.165, 1.54) is 44.7 Å². The van der Waals surface area contributed by atoms with E-state index in [9.17, 15) is 14.8 Å². The zero-order valence-electron chi connectivity index (χ0n) is 11.4. The summed E-state index contributed by atoms with van der Waals surface area (Å²) in [5.74, 6) is -1.13. The van der Waals surface area contributed by atoms with Gasteiger partial charge in [-0.1, -0.05) is 0 Å². The fraction of sp³-hybridized carbons (Fsp3) is 0.143. The molecule has 2 aromatic heterocycles. The average molecular weight is 288 g/mol. The van der Waals surface area contributed by atoms with Gasteiger partial charge >= 0.3 is 11.9 Å². The van der Waals surface area contributed by atoms with Crippen LogP contribution in [0.5, 0.6) is 0 Å². The number of carbonyl (C=O) groups excluding carboxylic acids is 2. The van der Waals surface area contributed by atoms with Gasteiger partial charge in [0, 0.05) is 12.3 Å². The normalized spacial score (nSPS) is 10.0. The SMILES string of the molecule is COC(=O)c1ccnc(-c2ccc(C(=O)OC)c[n+]2[O-])c1. The smallest absolute Gasteiger partial charge is 0.344 e. The van der Waals surface area contributed by atoms with Crippen LogP contribution in [0, 0.1) is 5.21 Å². The van der Waals surface area contributed by atoms with E-state index < -0.39 is 11.9 Å². The molecule has 2 aromatic rings. The number of pyridine rings is 2. The Hall–Kier alpha value is -2.96. The fourth-order valence-corrected chi connectivity index (χ4v) is 1.73. The molecule has 0 aliphatic rings. The van der Waals surface area contributed by atoms with Crippen LogP contribution in [-0.2, 0) is 9.47 Å². The molecule has 2 heterocycles. The Morgan fingerprint density at radius 1 is 1.10 bits per heavy atom. The third-order valence-electron chi connectivity index (χ3n) is 2.78. The summed E-state index contributed by atoms with van der Waals surface area (Å²) in [5, 5.41) is 12.0. The molecule has 0 saturated carbocycles. The Kier molecular flexibility index (Phi) is 4.13. The summed E-state index contributed by atoms with van der Waals surface area (Å²) in [7, 11) is 2.49. The van der Waals surface area contributed by atoms with Crippen LogP contribution < -0.4 is 4.73 Å². The van der Waals surface area contributed by atoms with Crippen LogP contribution in [0.2, 0.25) is 0 Å². The maximum absolute atomic E-state index is 12.0. The lowest BCUT2D eigenvalue weighted by atomic mass is 10.1. The van der Waals surface area contributed by atoms with E-state index in [0.717, 1.165) is 6.20 Å². The van der Waals surface area contributed by atoms with E-state index in [1.54, 1.807) is 0 Å². The number of hydrogen-bond acceptors (Lipinski definition) is 6. The van der Waals surface area contributed by atoms with E-state index >= 15 is 0 Å². The monoisotopic (exact) mass is 288 g/mol. The van der Waals surface area contributed by atoms with Crippen LogP contribution in [0.1, 0.15) is 20.7 Å². The van der Waals surface area contributed by atoms with Gasteiger partial charge in [0.25, 0.3) is 0 Å². The molecule has 7 heteroatoms. The van der Waals surface area contributed by atoms with Crippen molar-refractivity contribution >= 4 is 11.9 Å². The van der Waals surface area contributed by atoms with Gasteiger partial charge < -0.3 is 14.7 Å². The highest BCUT2D eigenvalue weighted by atomic mass is 16.5. The molecular weight excluding hydrogens is 276 g/mol. The van der Waals surface area contributed by atoms with Crippen molar-refractivity contribution in [1.29, 1.82) is 0 Å². The molecule has 0 bridgehead atoms. The summed E-state index contributed by atoms with van der Waals surface area (Å²) in [5.41, 5.74) is 0.901. The Labute approximate surface area is 120 Å². The largest absolute Gasteiger partial charge is 0.618 e. The standard InChI is InChI=1S/C14H12N2O5/c1-20-13(17)9-5-6-15-11(7-9)12-4-3-10(8-16(12)19)14(18)21-2/h3-8H,1-2H3. The molecule has 0 aromatic carbocycles. The van der Waals surface area contributed by atoms with Crippen molar-refractivity contribution in [2.45, 2.75) is 0 Å². The summed E-state index contributed by atoms with van der Waals surface area (Å²) in [6.07, 6.45) is 2.49. The van der Waals surface area contributed by atoms with Gasteiger partial charge in [-0.2, -0.15) is 4.73 Å². The lowest BCUT2D eigenvalue weighted by Gasteiger charge is -2.06. The minimum Gasteiger partial charge on any atom is -0.618 e. The van der Waals surface area contributed by atoms with Crippen molar-refractivity contribution in [1.82, 2.24) is 4.98 Å². The number of ether oxygens (including phenoxy) is 2. The highest BCUT2D eigenvalue weighted by Gasteiger charge is 2.16. The van der Waals surface area contributed by atoms with Gasteiger partial charge in [0.1, 0.15) is 11.3 Å². The molecule has 0 saturated heterocycles. The number of aromatic nitrogens is 2. The van der Waals surface area contributed by atoms with Crippen LogP contribution >= 0.6 is 0 Å². The number of carbonyl (C=O) groups is 2. The molecule has 2 rings (SSSR count). The molecule has 0 unspecified atom stereocenters. The van der Waals surface area contributed by atoms with Gasteiger partial charge in [-0.05, 0) is 18.2 Å². The minimum absolute atomic E-state index is 0.125. The second kappa shape index (κ2) is 6.00. The van der Waals surface area contributed by atoms with Crippen molar-refractivity contribution in [3.63, 3.8) is 0 Å². The van der Waals surface area contributed by atoms with Crippen molar-refractivity contribution in [3.05, 3.63) is 53.0 Å². The van der Waals surface area contributed by atoms with Gasteiger partial charge in [0.15, 0.2) is 6.20 Å². The quantitative estimate of drug-likeness (QED) is 0.474. The number of nitrogens with zero attached hydrogens (tertiary/aromatic N) is 2. The molecule has 0 aliphatic carbocycles. The predicted octanol–water partition coefficient (Wildman–Crippen LogP) is 0.955. The van der Waals surface area contributed by atoms with Crippen LogP contribution in [0.4, 0.5) is 0 Å². The fourth-order valence-electron chi connectivity index (χ4n) is 1.73. The third-order valence-corrected chi connectivity index (χ3v) is 2.78. The first-order valence-corrected chi connectivity index (χ1v) is 5.93. The van der Waals surface area contributed by atoms with Crippen LogP contribution in [-0.4, -0.2) is 31.1 Å². The summed E-state index contributed by atoms with van der Waals surface area (Å²) in [4.78, 5) is 26.8. The molecule has 7 nitrogen and oxygen atoms in total. The zero-order valence-corrected chi connectivity index (χ0v) is 11.4. The number of rotatable bonds is 3. The highest BCUT2D eigenvalue weighted by molar-refractivity contribution is 5.90. The third kappa shape index (κ3) is 2.97. The van der Waals surface area contributed by atoms with Gasteiger partial charge in [-0.15, -0.1) is 0 Å². The van der Waals surface area contributed by atoms with Crippen molar-refractivity contribution in [2.24, 2.45) is 0 Å². The second-order valence-corrected chi connectivity index (χ2v) is 4.04. The Morgan fingerprint density at radius 2 is 1.76 bits per heavy atom. The van der Waals surface area contributed by atoms with Crippen molar-refractivity contribution in [2.75, 3.05) is 14.2 Å². The van der Waals surface area contributed by atoms with Gasteiger partial charge in [-0.25, -0.2) is 14.6 Å². The predicted molar refractivity (Wildman–Crippen MR) is 71.3 cm³/mol. The lowest BCUT2D eigenvalue weighted by molar-refractivity contribution is -0.594. The first kappa shape index (κ1) is 14.4. The molecule has 0 N–H and O–H groups in total. The maximum atomic E-state index is 12.0. The Balaban J connectivity index is 2.43. The zero-order chi connectivity index (χ0) is 15.4. The Morgan fingerprint density at radius 3 is 2.38 bits per heavy atom. The topological polar surface area (TPSA) is 92.4 Å². The molecule has 0 aliphatic heterocycles. The Bertz CT molecular complexity index is 700.